The van der Waals surface area contributed by atoms with Gasteiger partial charge in [-0.3, -0.25) is 14.2 Å². The third-order valence-electron chi connectivity index (χ3n) is 9.10. The molecule has 1 saturated heterocycles. The van der Waals surface area contributed by atoms with E-state index in [1.165, 1.54) is 6.33 Å². The van der Waals surface area contributed by atoms with E-state index in [4.69, 9.17) is 27.4 Å². The monoisotopic (exact) mass is 677 g/mol. The van der Waals surface area contributed by atoms with Crippen LogP contribution in [0, 0.1) is 0 Å². The normalized spacial score (nSPS) is 13.8. The molecule has 12 nitrogen and oxygen atoms in total. The van der Waals surface area contributed by atoms with E-state index in [2.05, 4.69) is 21.9 Å². The van der Waals surface area contributed by atoms with E-state index < -0.39 is 0 Å². The van der Waals surface area contributed by atoms with E-state index in [9.17, 15) is 14.7 Å². The summed E-state index contributed by atoms with van der Waals surface area (Å²) in [4.78, 5) is 45.3. The topological polar surface area (TPSA) is 148 Å². The molecule has 4 heterocycles. The Morgan fingerprint density at radius 3 is 2.51 bits per heavy atom. The molecule has 49 heavy (non-hydrogen) atoms. The van der Waals surface area contributed by atoms with Crippen molar-refractivity contribution < 1.29 is 9.90 Å². The molecule has 0 radical (unpaired) electrons. The molecule has 13 heteroatoms. The second kappa shape index (κ2) is 13.7. The predicted molar refractivity (Wildman–Crippen MR) is 190 cm³/mol. The summed E-state index contributed by atoms with van der Waals surface area (Å²) in [6.07, 6.45) is 2.96. The number of phenols is 1. The molecule has 1 fully saturated rings. The summed E-state index contributed by atoms with van der Waals surface area (Å²) in [6.45, 7) is 3.50. The van der Waals surface area contributed by atoms with Crippen LogP contribution >= 0.6 is 11.6 Å². The number of carbonyl (C=O) groups excluding carboxylic acids is 1. The van der Waals surface area contributed by atoms with E-state index in [-0.39, 0.29) is 36.1 Å². The largest absolute Gasteiger partial charge is 0.508 e. The van der Waals surface area contributed by atoms with Crippen LogP contribution in [0.25, 0.3) is 33.2 Å². The Hall–Kier alpha value is -5.33. The number of aromatic hydroxyl groups is 1. The number of fused-ring (bicyclic) bond motifs is 2. The number of nitrogen functional groups attached to an aromatic ring is 1. The number of rotatable bonds is 9. The Morgan fingerprint density at radius 1 is 0.939 bits per heavy atom. The lowest BCUT2D eigenvalue weighted by Crippen LogP contribution is -2.47. The zero-order valence-electron chi connectivity index (χ0n) is 27.1. The Morgan fingerprint density at radius 2 is 1.71 bits per heavy atom. The van der Waals surface area contributed by atoms with Crippen molar-refractivity contribution in [2.45, 2.75) is 32.4 Å². The number of nitrogens with two attached hydrogens (primary N) is 1. The van der Waals surface area contributed by atoms with Gasteiger partial charge in [0.1, 0.15) is 36.0 Å². The van der Waals surface area contributed by atoms with Crippen molar-refractivity contribution in [3.63, 3.8) is 0 Å². The summed E-state index contributed by atoms with van der Waals surface area (Å²) in [5.41, 5.74) is 9.88. The molecule has 1 amide bonds. The molecular weight excluding hydrogens is 642 g/mol. The number of hydrogen-bond acceptors (Lipinski definition) is 9. The first-order chi connectivity index (χ1) is 23.8. The molecule has 0 unspecified atom stereocenters. The summed E-state index contributed by atoms with van der Waals surface area (Å²) in [5, 5.41) is 16.6. The number of phenolic OH excluding ortho intramolecular Hbond substituents is 1. The van der Waals surface area contributed by atoms with Gasteiger partial charge in [0, 0.05) is 43.2 Å². The maximum Gasteiger partial charge on any atom is 0.262 e. The van der Waals surface area contributed by atoms with Gasteiger partial charge in [-0.15, -0.1) is 0 Å². The molecule has 0 bridgehead atoms. The molecule has 3 N–H and O–H groups in total. The predicted octanol–water partition coefficient (Wildman–Crippen LogP) is 4.34. The number of aryl methyl sites for hydroxylation is 1. The van der Waals surface area contributed by atoms with E-state index in [1.807, 2.05) is 47.4 Å². The van der Waals surface area contributed by atoms with Crippen molar-refractivity contribution in [1.82, 2.24) is 39.1 Å². The number of halogens is 1. The van der Waals surface area contributed by atoms with Gasteiger partial charge in [0.15, 0.2) is 5.65 Å². The molecule has 0 aliphatic carbocycles. The van der Waals surface area contributed by atoms with Gasteiger partial charge in [-0.05, 0) is 55.3 Å². The van der Waals surface area contributed by atoms with Crippen molar-refractivity contribution in [3.05, 3.63) is 105 Å². The highest BCUT2D eigenvalue weighted by atomic mass is 35.5. The average Bonchev–Trinajstić information content (AvgIpc) is 3.47. The Balaban J connectivity index is 1.28. The van der Waals surface area contributed by atoms with Crippen molar-refractivity contribution in [1.29, 1.82) is 0 Å². The summed E-state index contributed by atoms with van der Waals surface area (Å²) in [6, 6.07) is 19.8. The molecule has 0 atom stereocenters. The number of aromatic nitrogens is 6. The number of piperazine rings is 1. The lowest BCUT2D eigenvalue weighted by molar-refractivity contribution is -0.132. The maximum atomic E-state index is 14.5. The number of nitrogens with zero attached hydrogens (tertiary/aromatic N) is 8. The fourth-order valence-corrected chi connectivity index (χ4v) is 6.64. The van der Waals surface area contributed by atoms with Crippen LogP contribution in [0.2, 0.25) is 5.02 Å². The van der Waals surface area contributed by atoms with Gasteiger partial charge in [0.25, 0.3) is 5.56 Å². The Kier molecular flexibility index (Phi) is 8.98. The third kappa shape index (κ3) is 6.57. The van der Waals surface area contributed by atoms with E-state index in [1.54, 1.807) is 33.5 Å². The van der Waals surface area contributed by atoms with E-state index >= 15 is 0 Å². The third-order valence-corrected chi connectivity index (χ3v) is 9.47. The van der Waals surface area contributed by atoms with Crippen LogP contribution in [0.5, 0.6) is 5.75 Å². The lowest BCUT2D eigenvalue weighted by atomic mass is 10.0. The second-order valence-electron chi connectivity index (χ2n) is 12.4. The van der Waals surface area contributed by atoms with Crippen molar-refractivity contribution in [2.24, 2.45) is 0 Å². The fraction of sp³-hybridized carbons (Fsp3) is 0.278. The smallest absolute Gasteiger partial charge is 0.262 e. The molecule has 1 aliphatic heterocycles. The summed E-state index contributed by atoms with van der Waals surface area (Å²) in [7, 11) is 2.07. The van der Waals surface area contributed by atoms with Gasteiger partial charge in [-0.2, -0.15) is 5.10 Å². The van der Waals surface area contributed by atoms with Crippen LogP contribution < -0.4 is 11.3 Å². The highest BCUT2D eigenvalue weighted by molar-refractivity contribution is 6.31. The minimum absolute atomic E-state index is 0.0832. The molecule has 0 spiro atoms. The Bertz CT molecular complexity index is 2240. The molecule has 1 aliphatic rings. The molecule has 0 saturated carbocycles. The molecule has 3 aromatic heterocycles. The zero-order chi connectivity index (χ0) is 34.1. The summed E-state index contributed by atoms with van der Waals surface area (Å²) in [5.74, 6) is 0.917. The van der Waals surface area contributed by atoms with Gasteiger partial charge in [0.05, 0.1) is 22.8 Å². The number of benzene rings is 3. The first-order valence-corrected chi connectivity index (χ1v) is 16.6. The van der Waals surface area contributed by atoms with Gasteiger partial charge in [-0.1, -0.05) is 54.1 Å². The Labute approximate surface area is 287 Å². The number of anilines is 1. The first kappa shape index (κ1) is 32.2. The molecule has 7 rings (SSSR count). The van der Waals surface area contributed by atoms with Crippen LogP contribution in [-0.2, 0) is 24.3 Å². The maximum absolute atomic E-state index is 14.5. The number of hydrogen-bond donors (Lipinski definition) is 2. The SMILES string of the molecule is CN1CCN(C(=O)CCCc2cccc3nc(Cn4nc(-c5cccc(O)c5)c5c(N)ncnc54)n(Cc4ccccc4Cl)c(=O)c23)CC1. The minimum Gasteiger partial charge on any atom is -0.508 e. The van der Waals surface area contributed by atoms with Crippen molar-refractivity contribution in [3.8, 4) is 17.0 Å². The zero-order valence-corrected chi connectivity index (χ0v) is 27.8. The second-order valence-corrected chi connectivity index (χ2v) is 12.8. The van der Waals surface area contributed by atoms with E-state index in [0.717, 1.165) is 37.3 Å². The number of likely N-dealkylation sites (N-methyl/N-ethyl adjacent to an activating group) is 1. The van der Waals surface area contributed by atoms with Gasteiger partial charge < -0.3 is 20.6 Å². The van der Waals surface area contributed by atoms with E-state index in [0.29, 0.717) is 63.3 Å². The van der Waals surface area contributed by atoms with Crippen molar-refractivity contribution in [2.75, 3.05) is 39.0 Å². The fourth-order valence-electron chi connectivity index (χ4n) is 6.44. The van der Waals surface area contributed by atoms with Crippen LogP contribution in [0.3, 0.4) is 0 Å². The minimum atomic E-state index is -0.209. The summed E-state index contributed by atoms with van der Waals surface area (Å²) >= 11 is 6.60. The van der Waals surface area contributed by atoms with Gasteiger partial charge in [0.2, 0.25) is 5.91 Å². The summed E-state index contributed by atoms with van der Waals surface area (Å²) < 4.78 is 3.28. The van der Waals surface area contributed by atoms with Gasteiger partial charge in [-0.25, -0.2) is 19.6 Å². The van der Waals surface area contributed by atoms with Crippen molar-refractivity contribution >= 4 is 45.3 Å². The number of amides is 1. The molecule has 3 aromatic carbocycles. The molecule has 6 aromatic rings. The lowest BCUT2D eigenvalue weighted by Gasteiger charge is -2.32. The molecule has 250 valence electrons. The van der Waals surface area contributed by atoms with Gasteiger partial charge >= 0.3 is 0 Å². The quantitative estimate of drug-likeness (QED) is 0.228. The highest BCUT2D eigenvalue weighted by Crippen LogP contribution is 2.32. The molecular formula is C36H36ClN9O3. The van der Waals surface area contributed by atoms with Crippen LogP contribution in [0.15, 0.2) is 77.9 Å². The van der Waals surface area contributed by atoms with Crippen LogP contribution in [-0.4, -0.2) is 83.3 Å². The first-order valence-electron chi connectivity index (χ1n) is 16.2. The van der Waals surface area contributed by atoms with Crippen LogP contribution in [0.1, 0.15) is 29.8 Å². The number of carbonyl (C=O) groups is 1. The highest BCUT2D eigenvalue weighted by Gasteiger charge is 2.22. The standard InChI is InChI=1S/C36H36ClN9O3/c1-43-15-17-44(18-16-43)30(48)14-6-9-23-8-5-13-28-31(23)36(49)45(20-25-7-2-3-12-27(25)37)29(41-28)21-46-35-32(34(38)39-22-40-35)33(42-46)24-10-4-11-26(47)19-24/h2-5,7-8,10-13,19,22,47H,6,9,14-18,20-21H2,1H3,(H2,38,39,40). The average molecular weight is 678 g/mol. The van der Waals surface area contributed by atoms with Crippen LogP contribution in [0.4, 0.5) is 5.82 Å².